The molecule has 122 valence electrons. The summed E-state index contributed by atoms with van der Waals surface area (Å²) in [5, 5.41) is 1.09. The van der Waals surface area contributed by atoms with E-state index in [0.717, 1.165) is 28.6 Å². The summed E-state index contributed by atoms with van der Waals surface area (Å²) in [4.78, 5) is 8.76. The van der Waals surface area contributed by atoms with Crippen LogP contribution in [0.3, 0.4) is 0 Å². The number of nitrogens with zero attached hydrogens (tertiary/aromatic N) is 2. The van der Waals surface area contributed by atoms with Gasteiger partial charge in [0.15, 0.2) is 11.5 Å². The lowest BCUT2D eigenvalue weighted by atomic mass is 10.0. The SMILES string of the molecule is CC/C=C(\C=C(C)C)c1nc(Cl)nc2cc(OC)c(OC)cc12. The number of hydrogen-bond acceptors (Lipinski definition) is 4. The molecule has 0 spiro atoms. The van der Waals surface area contributed by atoms with Gasteiger partial charge in [-0.25, -0.2) is 9.97 Å². The van der Waals surface area contributed by atoms with E-state index in [1.807, 2.05) is 12.1 Å². The number of aromatic nitrogens is 2. The largest absolute Gasteiger partial charge is 0.493 e. The minimum atomic E-state index is 0.212. The Labute approximate surface area is 141 Å². The van der Waals surface area contributed by atoms with Crippen molar-refractivity contribution < 1.29 is 9.47 Å². The molecule has 2 aromatic rings. The lowest BCUT2D eigenvalue weighted by Crippen LogP contribution is -1.97. The van der Waals surface area contributed by atoms with Crippen LogP contribution in [0.2, 0.25) is 5.28 Å². The Morgan fingerprint density at radius 2 is 1.78 bits per heavy atom. The van der Waals surface area contributed by atoms with Crippen LogP contribution in [0.1, 0.15) is 32.9 Å². The van der Waals surface area contributed by atoms with Crippen LogP contribution in [0.25, 0.3) is 16.5 Å². The first kappa shape index (κ1) is 17.3. The molecule has 5 heteroatoms. The molecular weight excluding hydrogens is 312 g/mol. The van der Waals surface area contributed by atoms with Crippen LogP contribution in [0.4, 0.5) is 0 Å². The summed E-state index contributed by atoms with van der Waals surface area (Å²) >= 11 is 6.13. The molecule has 0 saturated carbocycles. The van der Waals surface area contributed by atoms with Crippen LogP contribution in [0.5, 0.6) is 11.5 Å². The van der Waals surface area contributed by atoms with Gasteiger partial charge >= 0.3 is 0 Å². The summed E-state index contributed by atoms with van der Waals surface area (Å²) < 4.78 is 10.7. The van der Waals surface area contributed by atoms with E-state index >= 15 is 0 Å². The van der Waals surface area contributed by atoms with Gasteiger partial charge in [0.05, 0.1) is 25.4 Å². The fourth-order valence-corrected chi connectivity index (χ4v) is 2.58. The highest BCUT2D eigenvalue weighted by atomic mass is 35.5. The predicted octanol–water partition coefficient (Wildman–Crippen LogP) is 5.06. The van der Waals surface area contributed by atoms with E-state index < -0.39 is 0 Å². The number of methoxy groups -OCH3 is 2. The molecule has 0 bridgehead atoms. The van der Waals surface area contributed by atoms with Gasteiger partial charge in [-0.2, -0.15) is 0 Å². The van der Waals surface area contributed by atoms with Crippen molar-refractivity contribution in [1.29, 1.82) is 0 Å². The minimum absolute atomic E-state index is 0.212. The molecule has 1 aromatic carbocycles. The third-order valence-corrected chi connectivity index (χ3v) is 3.48. The molecule has 1 aromatic heterocycles. The van der Waals surface area contributed by atoms with Crippen LogP contribution in [0.15, 0.2) is 29.9 Å². The monoisotopic (exact) mass is 332 g/mol. The fraction of sp³-hybridized carbons (Fsp3) is 0.333. The first-order valence-electron chi connectivity index (χ1n) is 7.44. The van der Waals surface area contributed by atoms with Crippen molar-refractivity contribution in [2.75, 3.05) is 14.2 Å². The summed E-state index contributed by atoms with van der Waals surface area (Å²) in [6.45, 7) is 6.20. The number of ether oxygens (including phenoxy) is 2. The standard InChI is InChI=1S/C18H21ClN2O2/c1-6-7-12(8-11(2)3)17-13-9-15(22-4)16(23-5)10-14(13)20-18(19)21-17/h7-10H,6H2,1-5H3/b12-7+. The number of allylic oxidation sites excluding steroid dienone is 4. The van der Waals surface area contributed by atoms with Crippen LogP contribution in [0, 0.1) is 0 Å². The summed E-state index contributed by atoms with van der Waals surface area (Å²) in [5.41, 5.74) is 3.73. The second kappa shape index (κ2) is 7.47. The average molecular weight is 333 g/mol. The zero-order valence-corrected chi connectivity index (χ0v) is 14.9. The molecule has 0 saturated heterocycles. The first-order valence-corrected chi connectivity index (χ1v) is 7.82. The van der Waals surface area contributed by atoms with Crippen molar-refractivity contribution >= 4 is 28.1 Å². The molecule has 0 unspecified atom stereocenters. The molecule has 4 nitrogen and oxygen atoms in total. The number of halogens is 1. The normalized spacial score (nSPS) is 11.5. The molecule has 0 radical (unpaired) electrons. The molecule has 0 amide bonds. The van der Waals surface area contributed by atoms with Crippen molar-refractivity contribution in [3.8, 4) is 11.5 Å². The third-order valence-electron chi connectivity index (χ3n) is 3.32. The molecule has 0 atom stereocenters. The Hall–Kier alpha value is -2.07. The van der Waals surface area contributed by atoms with Crippen LogP contribution >= 0.6 is 11.6 Å². The highest BCUT2D eigenvalue weighted by Gasteiger charge is 2.14. The molecule has 0 aliphatic rings. The maximum Gasteiger partial charge on any atom is 0.223 e. The topological polar surface area (TPSA) is 44.2 Å². The van der Waals surface area contributed by atoms with Gasteiger partial charge in [0, 0.05) is 11.5 Å². The van der Waals surface area contributed by atoms with Crippen LogP contribution in [-0.2, 0) is 0 Å². The molecule has 0 N–H and O–H groups in total. The lowest BCUT2D eigenvalue weighted by molar-refractivity contribution is 0.356. The highest BCUT2D eigenvalue weighted by Crippen LogP contribution is 2.35. The van der Waals surface area contributed by atoms with Gasteiger partial charge in [-0.1, -0.05) is 24.6 Å². The maximum atomic E-state index is 6.13. The summed E-state index contributed by atoms with van der Waals surface area (Å²) in [5.74, 6) is 1.25. The van der Waals surface area contributed by atoms with E-state index in [2.05, 4.69) is 42.9 Å². The third kappa shape index (κ3) is 3.82. The Balaban J connectivity index is 2.81. The smallest absolute Gasteiger partial charge is 0.223 e. The van der Waals surface area contributed by atoms with Gasteiger partial charge in [0.25, 0.3) is 0 Å². The van der Waals surface area contributed by atoms with Crippen molar-refractivity contribution in [3.63, 3.8) is 0 Å². The number of fused-ring (bicyclic) bond motifs is 1. The summed E-state index contributed by atoms with van der Waals surface area (Å²) in [7, 11) is 3.21. The molecule has 0 fully saturated rings. The Bertz CT molecular complexity index is 778. The second-order valence-corrected chi connectivity index (χ2v) is 5.69. The van der Waals surface area contributed by atoms with Crippen molar-refractivity contribution in [3.05, 3.63) is 40.8 Å². The zero-order valence-electron chi connectivity index (χ0n) is 14.1. The quantitative estimate of drug-likeness (QED) is 0.567. The molecule has 0 aliphatic heterocycles. The van der Waals surface area contributed by atoms with Crippen molar-refractivity contribution in [1.82, 2.24) is 9.97 Å². The molecule has 1 heterocycles. The first-order chi connectivity index (χ1) is 11.0. The minimum Gasteiger partial charge on any atom is -0.493 e. The van der Waals surface area contributed by atoms with E-state index in [0.29, 0.717) is 11.5 Å². The van der Waals surface area contributed by atoms with E-state index in [4.69, 9.17) is 21.1 Å². The molecule has 0 aliphatic carbocycles. The van der Waals surface area contributed by atoms with Crippen molar-refractivity contribution in [2.24, 2.45) is 0 Å². The van der Waals surface area contributed by atoms with Gasteiger partial charge in [-0.3, -0.25) is 0 Å². The van der Waals surface area contributed by atoms with E-state index in [-0.39, 0.29) is 5.28 Å². The van der Waals surface area contributed by atoms with Crippen molar-refractivity contribution in [2.45, 2.75) is 27.2 Å². The van der Waals surface area contributed by atoms with Gasteiger partial charge in [-0.15, -0.1) is 0 Å². The number of rotatable bonds is 5. The van der Waals surface area contributed by atoms with E-state index in [9.17, 15) is 0 Å². The number of benzene rings is 1. The number of hydrogen-bond donors (Lipinski definition) is 0. The second-order valence-electron chi connectivity index (χ2n) is 5.35. The maximum absolute atomic E-state index is 6.13. The van der Waals surface area contributed by atoms with E-state index in [1.54, 1.807) is 14.2 Å². The van der Waals surface area contributed by atoms with Gasteiger partial charge in [0.1, 0.15) is 0 Å². The fourth-order valence-electron chi connectivity index (χ4n) is 2.40. The van der Waals surface area contributed by atoms with Gasteiger partial charge in [-0.05, 0) is 43.5 Å². The Morgan fingerprint density at radius 3 is 2.35 bits per heavy atom. The zero-order chi connectivity index (χ0) is 17.0. The molecular formula is C18H21ClN2O2. The van der Waals surface area contributed by atoms with Gasteiger partial charge in [0.2, 0.25) is 5.28 Å². The van der Waals surface area contributed by atoms with Crippen LogP contribution < -0.4 is 9.47 Å². The lowest BCUT2D eigenvalue weighted by Gasteiger charge is -2.12. The Kier molecular flexibility index (Phi) is 5.61. The highest BCUT2D eigenvalue weighted by molar-refractivity contribution is 6.28. The van der Waals surface area contributed by atoms with E-state index in [1.165, 1.54) is 5.57 Å². The van der Waals surface area contributed by atoms with Gasteiger partial charge < -0.3 is 9.47 Å². The predicted molar refractivity (Wildman–Crippen MR) is 95.4 cm³/mol. The summed E-state index contributed by atoms with van der Waals surface area (Å²) in [6.07, 6.45) is 5.12. The molecule has 2 rings (SSSR count). The summed E-state index contributed by atoms with van der Waals surface area (Å²) in [6, 6.07) is 3.71. The molecule has 23 heavy (non-hydrogen) atoms. The van der Waals surface area contributed by atoms with Crippen LogP contribution in [-0.4, -0.2) is 24.2 Å². The Morgan fingerprint density at radius 1 is 1.13 bits per heavy atom. The average Bonchev–Trinajstić information content (AvgIpc) is 2.51.